The molecule has 21 heavy (non-hydrogen) atoms. The molecule has 3 nitrogen and oxygen atoms in total. The van der Waals surface area contributed by atoms with E-state index in [1.807, 2.05) is 26.1 Å². The Morgan fingerprint density at radius 1 is 1.19 bits per heavy atom. The van der Waals surface area contributed by atoms with Gasteiger partial charge in [0, 0.05) is 18.5 Å². The predicted molar refractivity (Wildman–Crippen MR) is 71.6 cm³/mol. The van der Waals surface area contributed by atoms with Crippen LogP contribution in [0.3, 0.4) is 0 Å². The van der Waals surface area contributed by atoms with Crippen LogP contribution >= 0.6 is 0 Å². The third-order valence-electron chi connectivity index (χ3n) is 2.70. The molecule has 0 saturated heterocycles. The SMILES string of the molecule is CC(C)(C)CC(N)CC(=O)Nc1c(F)c(F)cc(F)c1F. The fourth-order valence-electron chi connectivity index (χ4n) is 1.97. The van der Waals surface area contributed by atoms with Crippen LogP contribution in [0.2, 0.25) is 0 Å². The van der Waals surface area contributed by atoms with Gasteiger partial charge in [-0.3, -0.25) is 4.79 Å². The number of carbonyl (C=O) groups excluding carboxylic acids is 1. The molecule has 1 rings (SSSR count). The summed E-state index contributed by atoms with van der Waals surface area (Å²) in [6.07, 6.45) is 0.289. The topological polar surface area (TPSA) is 55.1 Å². The van der Waals surface area contributed by atoms with Gasteiger partial charge in [-0.15, -0.1) is 0 Å². The van der Waals surface area contributed by atoms with E-state index < -0.39 is 40.9 Å². The molecule has 1 aromatic rings. The maximum Gasteiger partial charge on any atom is 0.226 e. The molecule has 1 aromatic carbocycles. The molecule has 7 heteroatoms. The zero-order valence-corrected chi connectivity index (χ0v) is 12.1. The number of hydrogen-bond donors (Lipinski definition) is 2. The second-order valence-electron chi connectivity index (χ2n) is 6.12. The van der Waals surface area contributed by atoms with Crippen molar-refractivity contribution in [2.45, 2.75) is 39.7 Å². The van der Waals surface area contributed by atoms with Gasteiger partial charge in [0.05, 0.1) is 0 Å². The van der Waals surface area contributed by atoms with Crippen molar-refractivity contribution in [1.82, 2.24) is 0 Å². The van der Waals surface area contributed by atoms with Crippen LogP contribution in [0.1, 0.15) is 33.6 Å². The van der Waals surface area contributed by atoms with Gasteiger partial charge in [-0.1, -0.05) is 20.8 Å². The lowest BCUT2D eigenvalue weighted by atomic mass is 9.87. The van der Waals surface area contributed by atoms with Crippen LogP contribution in [0.25, 0.3) is 0 Å². The summed E-state index contributed by atoms with van der Waals surface area (Å²) in [5, 5.41) is 1.83. The Hall–Kier alpha value is -1.63. The number of nitrogens with one attached hydrogen (secondary N) is 1. The molecule has 0 spiro atoms. The fourth-order valence-corrected chi connectivity index (χ4v) is 1.97. The van der Waals surface area contributed by atoms with Gasteiger partial charge < -0.3 is 11.1 Å². The van der Waals surface area contributed by atoms with Crippen molar-refractivity contribution in [2.75, 3.05) is 5.32 Å². The molecule has 0 fully saturated rings. The van der Waals surface area contributed by atoms with Crippen LogP contribution in [-0.2, 0) is 4.79 Å². The zero-order chi connectivity index (χ0) is 16.4. The predicted octanol–water partition coefficient (Wildman–Crippen LogP) is 3.34. The maximum atomic E-state index is 13.4. The number of amides is 1. The molecule has 0 aromatic heterocycles. The second-order valence-corrected chi connectivity index (χ2v) is 6.12. The van der Waals surface area contributed by atoms with Gasteiger partial charge in [0.1, 0.15) is 5.69 Å². The highest BCUT2D eigenvalue weighted by molar-refractivity contribution is 5.91. The van der Waals surface area contributed by atoms with E-state index in [9.17, 15) is 22.4 Å². The van der Waals surface area contributed by atoms with Crippen molar-refractivity contribution >= 4 is 11.6 Å². The number of nitrogens with two attached hydrogens (primary N) is 1. The summed E-state index contributed by atoms with van der Waals surface area (Å²) in [5.74, 6) is -7.26. The smallest absolute Gasteiger partial charge is 0.226 e. The number of carbonyl (C=O) groups is 1. The average molecular weight is 306 g/mol. The van der Waals surface area contributed by atoms with Crippen LogP contribution in [0.5, 0.6) is 0 Å². The van der Waals surface area contributed by atoms with E-state index in [1.165, 1.54) is 0 Å². The van der Waals surface area contributed by atoms with Crippen molar-refractivity contribution in [3.05, 3.63) is 29.3 Å². The van der Waals surface area contributed by atoms with Gasteiger partial charge >= 0.3 is 0 Å². The van der Waals surface area contributed by atoms with Gasteiger partial charge in [0.15, 0.2) is 23.3 Å². The largest absolute Gasteiger partial charge is 0.327 e. The Bertz CT molecular complexity index is 515. The van der Waals surface area contributed by atoms with Crippen LogP contribution in [0.15, 0.2) is 6.07 Å². The summed E-state index contributed by atoms with van der Waals surface area (Å²) in [6, 6.07) is -0.458. The first-order valence-electron chi connectivity index (χ1n) is 6.39. The third kappa shape index (κ3) is 5.00. The van der Waals surface area contributed by atoms with Crippen molar-refractivity contribution in [1.29, 1.82) is 0 Å². The summed E-state index contributed by atoms with van der Waals surface area (Å²) in [6.45, 7) is 5.77. The normalized spacial score (nSPS) is 13.1. The summed E-state index contributed by atoms with van der Waals surface area (Å²) in [7, 11) is 0. The van der Waals surface area contributed by atoms with Crippen molar-refractivity contribution in [3.8, 4) is 0 Å². The number of hydrogen-bond acceptors (Lipinski definition) is 2. The van der Waals surface area contributed by atoms with Gasteiger partial charge in [-0.25, -0.2) is 17.6 Å². The lowest BCUT2D eigenvalue weighted by Gasteiger charge is -2.22. The Labute approximate surface area is 120 Å². The highest BCUT2D eigenvalue weighted by atomic mass is 19.2. The average Bonchev–Trinajstić information content (AvgIpc) is 2.29. The molecule has 0 radical (unpaired) electrons. The highest BCUT2D eigenvalue weighted by Gasteiger charge is 2.23. The number of benzene rings is 1. The van der Waals surface area contributed by atoms with Gasteiger partial charge in [0.25, 0.3) is 0 Å². The second kappa shape index (κ2) is 6.43. The molecule has 118 valence electrons. The van der Waals surface area contributed by atoms with Gasteiger partial charge in [-0.05, 0) is 11.8 Å². The molecule has 1 amide bonds. The zero-order valence-electron chi connectivity index (χ0n) is 12.1. The number of anilines is 1. The summed E-state index contributed by atoms with van der Waals surface area (Å²) >= 11 is 0. The van der Waals surface area contributed by atoms with E-state index in [4.69, 9.17) is 5.73 Å². The van der Waals surface area contributed by atoms with Crippen LogP contribution < -0.4 is 11.1 Å². The Morgan fingerprint density at radius 3 is 2.10 bits per heavy atom. The standard InChI is InChI=1S/C14H18F4N2O/c1-14(2,3)6-7(19)4-10(21)20-13-11(17)8(15)5-9(16)12(13)18/h5,7H,4,6,19H2,1-3H3,(H,20,21). The minimum atomic E-state index is -1.65. The monoisotopic (exact) mass is 306 g/mol. The third-order valence-corrected chi connectivity index (χ3v) is 2.70. The first kappa shape index (κ1) is 17.4. The Kier molecular flexibility index (Phi) is 5.33. The van der Waals surface area contributed by atoms with Crippen LogP contribution in [0.4, 0.5) is 23.2 Å². The molecule has 0 aliphatic heterocycles. The fraction of sp³-hybridized carbons (Fsp3) is 0.500. The van der Waals surface area contributed by atoms with E-state index in [-0.39, 0.29) is 17.9 Å². The molecule has 0 aliphatic rings. The molecule has 1 unspecified atom stereocenters. The molecule has 3 N–H and O–H groups in total. The van der Waals surface area contributed by atoms with Crippen LogP contribution in [0, 0.1) is 28.7 Å². The van der Waals surface area contributed by atoms with E-state index in [1.54, 1.807) is 0 Å². The van der Waals surface area contributed by atoms with E-state index in [0.717, 1.165) is 0 Å². The molecule has 0 bridgehead atoms. The number of rotatable bonds is 4. The minimum Gasteiger partial charge on any atom is -0.327 e. The molecule has 1 atom stereocenters. The van der Waals surface area contributed by atoms with Crippen molar-refractivity contribution in [2.24, 2.45) is 11.1 Å². The minimum absolute atomic E-state index is 0.0751. The van der Waals surface area contributed by atoms with Gasteiger partial charge in [0.2, 0.25) is 5.91 Å². The van der Waals surface area contributed by atoms with E-state index in [2.05, 4.69) is 0 Å². The summed E-state index contributed by atoms with van der Waals surface area (Å²) < 4.78 is 52.8. The van der Waals surface area contributed by atoms with Crippen molar-refractivity contribution < 1.29 is 22.4 Å². The molecule has 0 aliphatic carbocycles. The van der Waals surface area contributed by atoms with Crippen LogP contribution in [-0.4, -0.2) is 11.9 Å². The molecular weight excluding hydrogens is 288 g/mol. The summed E-state index contributed by atoms with van der Waals surface area (Å²) in [4.78, 5) is 11.7. The molecule has 0 saturated carbocycles. The van der Waals surface area contributed by atoms with Gasteiger partial charge in [-0.2, -0.15) is 0 Å². The molecule has 0 heterocycles. The Balaban J connectivity index is 2.81. The summed E-state index contributed by atoms with van der Waals surface area (Å²) in [5.41, 5.74) is 4.49. The van der Waals surface area contributed by atoms with E-state index in [0.29, 0.717) is 6.42 Å². The number of halogens is 4. The first-order valence-corrected chi connectivity index (χ1v) is 6.39. The quantitative estimate of drug-likeness (QED) is 0.662. The van der Waals surface area contributed by atoms with E-state index >= 15 is 0 Å². The lowest BCUT2D eigenvalue weighted by molar-refractivity contribution is -0.116. The molecular formula is C14H18F4N2O. The maximum absolute atomic E-state index is 13.4. The van der Waals surface area contributed by atoms with Crippen molar-refractivity contribution in [3.63, 3.8) is 0 Å². The highest BCUT2D eigenvalue weighted by Crippen LogP contribution is 2.25. The Morgan fingerprint density at radius 2 is 1.67 bits per heavy atom. The first-order chi connectivity index (χ1) is 9.51. The lowest BCUT2D eigenvalue weighted by Crippen LogP contribution is -2.31.